The van der Waals surface area contributed by atoms with Gasteiger partial charge in [0.15, 0.2) is 0 Å². The number of carbonyl (C=O) groups excluding carboxylic acids is 1. The zero-order valence-electron chi connectivity index (χ0n) is 38.1. The second-order valence-electron chi connectivity index (χ2n) is 15.1. The monoisotopic (exact) mass is 822 g/mol. The lowest BCUT2D eigenvalue weighted by molar-refractivity contribution is -0.123. The molecule has 0 radical (unpaired) electrons. The number of aliphatic hydroxyl groups excluding tert-OH is 2. The number of aliphatic hydroxyl groups is 2. The normalized spacial score (nSPS) is 14.4. The molecule has 0 fully saturated rings. The molecule has 1 amide bonds. The molecular weight excluding hydrogens is 735 g/mol. The molecule has 0 aromatic rings. The fourth-order valence-electron chi connectivity index (χ4n) is 5.88. The minimum atomic E-state index is -0.900. The number of rotatable bonds is 40. The summed E-state index contributed by atoms with van der Waals surface area (Å²) in [6.45, 7) is 4.12. The standard InChI is InChI=1S/C56H87NO3/c1-3-5-7-9-11-13-15-17-19-20-21-22-23-24-25-26-27-28-29-30-31-32-33-34-35-36-38-40-42-44-46-48-50-52-56(60)57-54(53-58)55(59)51-49-47-45-43-41-39-37-18-16-14-12-10-8-6-4-2/h5,7,11,13,16-19,21-22,24-25,27-28,30-31,33-34,36,38,41-44,49,51,54-55,58-59H,3-4,6,8-10,12,14-15,20,23,26,29,32,35,37,39-40,45-48,50,52-53H2,1-2H3,(H,57,60)/b7-5-,13-11-,18-16+,19-17-,22-21-,25-24-,28-27-,31-30-,34-33-,38-36-,43-41+,44-42-,51-49+. The Hall–Kier alpha value is -3.99. The van der Waals surface area contributed by atoms with Gasteiger partial charge in [0.05, 0.1) is 18.8 Å². The van der Waals surface area contributed by atoms with Crippen LogP contribution in [0.5, 0.6) is 0 Å². The molecule has 334 valence electrons. The maximum atomic E-state index is 12.4. The van der Waals surface area contributed by atoms with E-state index in [1.807, 2.05) is 6.08 Å². The highest BCUT2D eigenvalue weighted by Gasteiger charge is 2.17. The van der Waals surface area contributed by atoms with Gasteiger partial charge in [0, 0.05) is 6.42 Å². The second kappa shape index (κ2) is 49.4. The first-order valence-electron chi connectivity index (χ1n) is 23.7. The number of carbonyl (C=O) groups is 1. The van der Waals surface area contributed by atoms with Gasteiger partial charge in [0.25, 0.3) is 0 Å². The van der Waals surface area contributed by atoms with E-state index in [0.29, 0.717) is 6.42 Å². The summed E-state index contributed by atoms with van der Waals surface area (Å²) in [6, 6.07) is -0.681. The van der Waals surface area contributed by atoms with Crippen LogP contribution in [-0.2, 0) is 4.79 Å². The molecule has 0 heterocycles. The van der Waals surface area contributed by atoms with Gasteiger partial charge >= 0.3 is 0 Å². The molecule has 60 heavy (non-hydrogen) atoms. The highest BCUT2D eigenvalue weighted by atomic mass is 16.3. The SMILES string of the molecule is CC/C=C\C/C=C\C/C=C\C/C=C\C/C=C\C/C=C\C/C=C\C/C=C\C/C=C\C/C=C\CCCCC(=O)NC(CO)C(O)/C=C/CC/C=C/CC/C=C/CCCCCCC. The third-order valence-corrected chi connectivity index (χ3v) is 9.47. The second-order valence-corrected chi connectivity index (χ2v) is 15.1. The van der Waals surface area contributed by atoms with E-state index in [9.17, 15) is 15.0 Å². The van der Waals surface area contributed by atoms with E-state index < -0.39 is 12.1 Å². The van der Waals surface area contributed by atoms with E-state index in [1.54, 1.807) is 6.08 Å². The Morgan fingerprint density at radius 3 is 1.15 bits per heavy atom. The summed E-state index contributed by atoms with van der Waals surface area (Å²) in [4.78, 5) is 12.4. The van der Waals surface area contributed by atoms with Crippen LogP contribution in [0.1, 0.15) is 168 Å². The van der Waals surface area contributed by atoms with Gasteiger partial charge in [-0.05, 0) is 122 Å². The zero-order valence-corrected chi connectivity index (χ0v) is 38.1. The van der Waals surface area contributed by atoms with Gasteiger partial charge in [0.2, 0.25) is 5.91 Å². The van der Waals surface area contributed by atoms with Crippen molar-refractivity contribution in [3.63, 3.8) is 0 Å². The van der Waals surface area contributed by atoms with Gasteiger partial charge in [-0.15, -0.1) is 0 Å². The Bertz CT molecular complexity index is 1350. The Morgan fingerprint density at radius 2 is 0.750 bits per heavy atom. The molecule has 0 rings (SSSR count). The maximum Gasteiger partial charge on any atom is 0.220 e. The largest absolute Gasteiger partial charge is 0.394 e. The first-order valence-corrected chi connectivity index (χ1v) is 23.7. The molecule has 2 atom stereocenters. The Balaban J connectivity index is 3.82. The fraction of sp³-hybridized carbons (Fsp3) is 0.518. The lowest BCUT2D eigenvalue weighted by Crippen LogP contribution is -2.45. The topological polar surface area (TPSA) is 69.6 Å². The smallest absolute Gasteiger partial charge is 0.220 e. The van der Waals surface area contributed by atoms with E-state index in [1.165, 1.54) is 38.5 Å². The molecule has 0 bridgehead atoms. The number of allylic oxidation sites excluding steroid dienone is 25. The van der Waals surface area contributed by atoms with E-state index in [2.05, 4.69) is 165 Å². The van der Waals surface area contributed by atoms with Crippen LogP contribution < -0.4 is 5.32 Å². The van der Waals surface area contributed by atoms with Crippen molar-refractivity contribution >= 4 is 5.91 Å². The van der Waals surface area contributed by atoms with Crippen LogP contribution >= 0.6 is 0 Å². The minimum absolute atomic E-state index is 0.129. The van der Waals surface area contributed by atoms with Gasteiger partial charge in [-0.3, -0.25) is 4.79 Å². The minimum Gasteiger partial charge on any atom is -0.394 e. The quantitative estimate of drug-likeness (QED) is 0.0426. The number of hydrogen-bond acceptors (Lipinski definition) is 3. The molecule has 0 aliphatic carbocycles. The van der Waals surface area contributed by atoms with Crippen LogP contribution in [0, 0.1) is 0 Å². The number of unbranched alkanes of at least 4 members (excludes halogenated alkanes) is 9. The first-order chi connectivity index (χ1) is 29.7. The van der Waals surface area contributed by atoms with E-state index in [0.717, 1.165) is 109 Å². The van der Waals surface area contributed by atoms with Crippen molar-refractivity contribution in [2.24, 2.45) is 0 Å². The number of nitrogens with one attached hydrogen (secondary N) is 1. The van der Waals surface area contributed by atoms with Gasteiger partial charge in [-0.1, -0.05) is 198 Å². The van der Waals surface area contributed by atoms with Crippen LogP contribution in [0.2, 0.25) is 0 Å². The summed E-state index contributed by atoms with van der Waals surface area (Å²) in [6.07, 6.45) is 80.7. The van der Waals surface area contributed by atoms with Crippen LogP contribution in [0.25, 0.3) is 0 Å². The molecule has 0 saturated heterocycles. The molecule has 0 aromatic carbocycles. The Labute approximate surface area is 369 Å². The number of hydrogen-bond donors (Lipinski definition) is 3. The van der Waals surface area contributed by atoms with E-state index >= 15 is 0 Å². The molecule has 0 aliphatic rings. The molecule has 4 heteroatoms. The van der Waals surface area contributed by atoms with Crippen molar-refractivity contribution in [1.82, 2.24) is 5.32 Å². The van der Waals surface area contributed by atoms with E-state index in [4.69, 9.17) is 0 Å². The summed E-state index contributed by atoms with van der Waals surface area (Å²) in [5.74, 6) is -0.129. The Kier molecular flexibility index (Phi) is 46.1. The summed E-state index contributed by atoms with van der Waals surface area (Å²) < 4.78 is 0. The highest BCUT2D eigenvalue weighted by Crippen LogP contribution is 2.08. The fourth-order valence-corrected chi connectivity index (χ4v) is 5.88. The van der Waals surface area contributed by atoms with Gasteiger partial charge in [-0.2, -0.15) is 0 Å². The summed E-state index contributed by atoms with van der Waals surface area (Å²) >= 11 is 0. The molecule has 0 spiro atoms. The van der Waals surface area contributed by atoms with Crippen molar-refractivity contribution in [2.45, 2.75) is 180 Å². The highest BCUT2D eigenvalue weighted by molar-refractivity contribution is 5.76. The predicted octanol–water partition coefficient (Wildman–Crippen LogP) is 15.5. The van der Waals surface area contributed by atoms with E-state index in [-0.39, 0.29) is 12.5 Å². The zero-order chi connectivity index (χ0) is 43.5. The predicted molar refractivity (Wildman–Crippen MR) is 266 cm³/mol. The van der Waals surface area contributed by atoms with Crippen LogP contribution in [-0.4, -0.2) is 34.9 Å². The van der Waals surface area contributed by atoms with Crippen LogP contribution in [0.15, 0.2) is 158 Å². The van der Waals surface area contributed by atoms with Gasteiger partial charge < -0.3 is 15.5 Å². The molecule has 2 unspecified atom stereocenters. The van der Waals surface area contributed by atoms with Crippen molar-refractivity contribution in [2.75, 3.05) is 6.61 Å². The first kappa shape index (κ1) is 56.0. The Morgan fingerprint density at radius 1 is 0.417 bits per heavy atom. The molecule has 0 aliphatic heterocycles. The lowest BCUT2D eigenvalue weighted by atomic mass is 10.1. The maximum absolute atomic E-state index is 12.4. The van der Waals surface area contributed by atoms with Gasteiger partial charge in [-0.25, -0.2) is 0 Å². The summed E-state index contributed by atoms with van der Waals surface area (Å²) in [5, 5.41) is 22.9. The van der Waals surface area contributed by atoms with Crippen LogP contribution in [0.3, 0.4) is 0 Å². The van der Waals surface area contributed by atoms with Crippen molar-refractivity contribution < 1.29 is 15.0 Å². The van der Waals surface area contributed by atoms with Crippen LogP contribution in [0.4, 0.5) is 0 Å². The third-order valence-electron chi connectivity index (χ3n) is 9.47. The molecule has 0 saturated carbocycles. The summed E-state index contributed by atoms with van der Waals surface area (Å²) in [7, 11) is 0. The molecule has 3 N–H and O–H groups in total. The van der Waals surface area contributed by atoms with Gasteiger partial charge in [0.1, 0.15) is 0 Å². The molecule has 4 nitrogen and oxygen atoms in total. The molecular formula is C56H87NO3. The van der Waals surface area contributed by atoms with Crippen molar-refractivity contribution in [3.05, 3.63) is 158 Å². The van der Waals surface area contributed by atoms with Crippen molar-refractivity contribution in [1.29, 1.82) is 0 Å². The van der Waals surface area contributed by atoms with Crippen molar-refractivity contribution in [3.8, 4) is 0 Å². The average molecular weight is 822 g/mol. The average Bonchev–Trinajstić information content (AvgIpc) is 3.25. The molecule has 0 aromatic heterocycles. The summed E-state index contributed by atoms with van der Waals surface area (Å²) in [5.41, 5.74) is 0. The third kappa shape index (κ3) is 45.1. The lowest BCUT2D eigenvalue weighted by Gasteiger charge is -2.19. The number of amides is 1.